The van der Waals surface area contributed by atoms with Gasteiger partial charge in [0.25, 0.3) is 0 Å². The largest absolute Gasteiger partial charge is 0.278 e. The van der Waals surface area contributed by atoms with Crippen molar-refractivity contribution in [2.75, 3.05) is 0 Å². The summed E-state index contributed by atoms with van der Waals surface area (Å²) in [6.07, 6.45) is 0. The van der Waals surface area contributed by atoms with Crippen molar-refractivity contribution < 1.29 is 0 Å². The molecule has 0 amide bonds. The summed E-state index contributed by atoms with van der Waals surface area (Å²) in [4.78, 5) is 36.7. The Kier molecular flexibility index (Phi) is 10.3. The van der Waals surface area contributed by atoms with Gasteiger partial charge in [-0.1, -0.05) is 188 Å². The number of nitrogens with zero attached hydrogens (tertiary/aromatic N) is 9. The smallest absolute Gasteiger partial charge is 0.235 e. The summed E-state index contributed by atoms with van der Waals surface area (Å²) < 4.78 is 4.33. The monoisotopic (exact) mass is 947 g/mol. The molecule has 9 aromatic carbocycles. The molecule has 0 N–H and O–H groups in total. The third kappa shape index (κ3) is 7.55. The highest BCUT2D eigenvalue weighted by Crippen LogP contribution is 2.38. The third-order valence-electron chi connectivity index (χ3n) is 13.6. The van der Waals surface area contributed by atoms with E-state index >= 15 is 0 Å². The Morgan fingerprint density at radius 2 is 0.486 bits per heavy atom. The van der Waals surface area contributed by atoms with Crippen LogP contribution in [0.5, 0.6) is 0 Å². The number of hydrogen-bond donors (Lipinski definition) is 0. The van der Waals surface area contributed by atoms with Gasteiger partial charge in [-0.15, -0.1) is 0 Å². The lowest BCUT2D eigenvalue weighted by atomic mass is 10.1. The highest BCUT2D eigenvalue weighted by atomic mass is 15.2. The molecule has 0 fully saturated rings. The van der Waals surface area contributed by atoms with Crippen LogP contribution in [0.4, 0.5) is 0 Å². The lowest BCUT2D eigenvalue weighted by Gasteiger charge is -2.12. The molecule has 9 nitrogen and oxygen atoms in total. The minimum absolute atomic E-state index is 0.559. The summed E-state index contributed by atoms with van der Waals surface area (Å²) in [5.41, 5.74) is 13.9. The second-order valence-electron chi connectivity index (χ2n) is 18.2. The molecule has 0 aliphatic rings. The average molecular weight is 948 g/mol. The standard InChI is InChI=1S/C65H41N9/c1-6-20-42(21-7-1)53-40-54(43-22-8-2-9-23-43)67-64(66-53)73-57-32-18-16-30-49(57)51-38-47(34-36-59(51)73)62-70-61(46-28-14-5-15-29-46)71-63(72-62)48-35-37-60-52(39-48)50-31-17-19-33-58(50)74(60)65-68-55(44-24-10-3-11-25-44)41-56(69-65)45-26-12-4-13-27-45/h1-41H. The Morgan fingerprint density at radius 1 is 0.203 bits per heavy atom. The highest BCUT2D eigenvalue weighted by molar-refractivity contribution is 6.11. The fourth-order valence-corrected chi connectivity index (χ4v) is 10.1. The van der Waals surface area contributed by atoms with Gasteiger partial charge in [-0.05, 0) is 60.7 Å². The Hall–Kier alpha value is -10.3. The van der Waals surface area contributed by atoms with E-state index in [1.807, 2.05) is 103 Å². The van der Waals surface area contributed by atoms with Crippen molar-refractivity contribution in [3.05, 3.63) is 249 Å². The van der Waals surface area contributed by atoms with Crippen LogP contribution in [0.1, 0.15) is 0 Å². The second-order valence-corrected chi connectivity index (χ2v) is 18.2. The van der Waals surface area contributed by atoms with Gasteiger partial charge in [0.2, 0.25) is 11.9 Å². The van der Waals surface area contributed by atoms with E-state index in [1.165, 1.54) is 0 Å². The molecule has 346 valence electrons. The quantitative estimate of drug-likeness (QED) is 0.142. The number of para-hydroxylation sites is 2. The van der Waals surface area contributed by atoms with Gasteiger partial charge in [0.15, 0.2) is 17.5 Å². The van der Waals surface area contributed by atoms with Crippen LogP contribution in [0, 0.1) is 0 Å². The number of benzene rings is 9. The van der Waals surface area contributed by atoms with Crippen molar-refractivity contribution in [1.29, 1.82) is 0 Å². The van der Waals surface area contributed by atoms with E-state index in [1.54, 1.807) is 0 Å². The fraction of sp³-hybridized carbons (Fsp3) is 0. The first-order valence-corrected chi connectivity index (χ1v) is 24.6. The minimum atomic E-state index is 0.559. The summed E-state index contributed by atoms with van der Waals surface area (Å²) >= 11 is 0. The van der Waals surface area contributed by atoms with E-state index in [0.29, 0.717) is 29.4 Å². The lowest BCUT2D eigenvalue weighted by Crippen LogP contribution is -2.04. The molecular formula is C65H41N9. The van der Waals surface area contributed by atoms with Crippen molar-refractivity contribution in [2.24, 2.45) is 0 Å². The SMILES string of the molecule is c1ccc(-c2cc(-c3ccccc3)nc(-n3c4ccccc4c4cc(-c5nc(-c6ccccc6)nc(-c6ccc7c(c6)c6ccccc6n7-c6nc(-c7ccccc7)cc(-c7ccccc7)n6)n5)ccc43)n2)cc1. The topological polar surface area (TPSA) is 100 Å². The zero-order valence-corrected chi connectivity index (χ0v) is 39.7. The molecule has 74 heavy (non-hydrogen) atoms. The maximum Gasteiger partial charge on any atom is 0.235 e. The van der Waals surface area contributed by atoms with Crippen LogP contribution in [0.25, 0.3) is 135 Å². The molecule has 0 spiro atoms. The number of rotatable bonds is 9. The van der Waals surface area contributed by atoms with Gasteiger partial charge >= 0.3 is 0 Å². The van der Waals surface area contributed by atoms with E-state index in [9.17, 15) is 0 Å². The van der Waals surface area contributed by atoms with Gasteiger partial charge in [-0.2, -0.15) is 0 Å². The van der Waals surface area contributed by atoms with E-state index in [0.717, 1.165) is 105 Å². The molecule has 0 radical (unpaired) electrons. The molecule has 14 rings (SSSR count). The zero-order chi connectivity index (χ0) is 49.0. The number of aromatic nitrogens is 9. The van der Waals surface area contributed by atoms with Crippen LogP contribution >= 0.6 is 0 Å². The minimum Gasteiger partial charge on any atom is -0.278 e. The van der Waals surface area contributed by atoms with E-state index in [-0.39, 0.29) is 0 Å². The molecule has 9 heteroatoms. The summed E-state index contributed by atoms with van der Waals surface area (Å²) in [7, 11) is 0. The van der Waals surface area contributed by atoms with E-state index < -0.39 is 0 Å². The first kappa shape index (κ1) is 42.6. The summed E-state index contributed by atoms with van der Waals surface area (Å²) in [5.74, 6) is 2.87. The molecule has 5 aromatic heterocycles. The predicted octanol–water partition coefficient (Wildman–Crippen LogP) is 15.3. The molecule has 0 unspecified atom stereocenters. The third-order valence-corrected chi connectivity index (χ3v) is 13.6. The second kappa shape index (κ2) is 17.9. The van der Waals surface area contributed by atoms with Crippen LogP contribution < -0.4 is 0 Å². The first-order valence-electron chi connectivity index (χ1n) is 24.6. The lowest BCUT2D eigenvalue weighted by molar-refractivity contribution is 0.995. The van der Waals surface area contributed by atoms with Crippen LogP contribution in [0.2, 0.25) is 0 Å². The van der Waals surface area contributed by atoms with Crippen molar-refractivity contribution in [1.82, 2.24) is 44.0 Å². The Labute approximate surface area is 425 Å². The van der Waals surface area contributed by atoms with E-state index in [2.05, 4.69) is 155 Å². The highest BCUT2D eigenvalue weighted by Gasteiger charge is 2.22. The molecular weight excluding hydrogens is 907 g/mol. The van der Waals surface area contributed by atoms with Gasteiger partial charge < -0.3 is 0 Å². The average Bonchev–Trinajstić information content (AvgIpc) is 4.00. The number of hydrogen-bond acceptors (Lipinski definition) is 7. The molecule has 0 saturated heterocycles. The molecule has 0 bridgehead atoms. The summed E-state index contributed by atoms with van der Waals surface area (Å²) in [6.45, 7) is 0. The Balaban J connectivity index is 0.929. The van der Waals surface area contributed by atoms with Crippen LogP contribution in [0.15, 0.2) is 249 Å². The first-order chi connectivity index (χ1) is 36.7. The van der Waals surface area contributed by atoms with Crippen molar-refractivity contribution in [3.8, 4) is 91.1 Å². The van der Waals surface area contributed by atoms with Crippen molar-refractivity contribution >= 4 is 43.6 Å². The van der Waals surface area contributed by atoms with Gasteiger partial charge in [0.05, 0.1) is 44.8 Å². The van der Waals surface area contributed by atoms with Crippen molar-refractivity contribution in [3.63, 3.8) is 0 Å². The molecule has 14 aromatic rings. The molecule has 0 saturated carbocycles. The molecule has 0 aliphatic heterocycles. The van der Waals surface area contributed by atoms with E-state index in [4.69, 9.17) is 34.9 Å². The van der Waals surface area contributed by atoms with Crippen molar-refractivity contribution in [2.45, 2.75) is 0 Å². The van der Waals surface area contributed by atoms with Crippen LogP contribution in [-0.4, -0.2) is 44.0 Å². The predicted molar refractivity (Wildman–Crippen MR) is 298 cm³/mol. The molecule has 0 atom stereocenters. The summed E-state index contributed by atoms with van der Waals surface area (Å²) in [5, 5.41) is 4.18. The van der Waals surface area contributed by atoms with Crippen LogP contribution in [0.3, 0.4) is 0 Å². The zero-order valence-electron chi connectivity index (χ0n) is 39.7. The van der Waals surface area contributed by atoms with Gasteiger partial charge in [-0.3, -0.25) is 9.13 Å². The molecule has 0 aliphatic carbocycles. The maximum absolute atomic E-state index is 5.30. The molecule has 5 heterocycles. The summed E-state index contributed by atoms with van der Waals surface area (Å²) in [6, 6.07) is 85.0. The Morgan fingerprint density at radius 3 is 0.838 bits per heavy atom. The van der Waals surface area contributed by atoms with Gasteiger partial charge in [-0.25, -0.2) is 34.9 Å². The normalized spacial score (nSPS) is 11.5. The maximum atomic E-state index is 5.30. The van der Waals surface area contributed by atoms with Crippen LogP contribution in [-0.2, 0) is 0 Å². The fourth-order valence-electron chi connectivity index (χ4n) is 10.1. The number of fused-ring (bicyclic) bond motifs is 6. The van der Waals surface area contributed by atoms with Gasteiger partial charge in [0, 0.05) is 60.5 Å². The Bertz CT molecular complexity index is 4030. The van der Waals surface area contributed by atoms with Gasteiger partial charge in [0.1, 0.15) is 0 Å².